The summed E-state index contributed by atoms with van der Waals surface area (Å²) in [5.41, 5.74) is 1.14. The first-order chi connectivity index (χ1) is 8.56. The summed E-state index contributed by atoms with van der Waals surface area (Å²) in [6.07, 6.45) is 0. The summed E-state index contributed by atoms with van der Waals surface area (Å²) in [4.78, 5) is 2.42. The molecule has 1 aromatic rings. The molecule has 2 nitrogen and oxygen atoms in total. The molecule has 1 rings (SSSR count). The number of halogens is 2. The third-order valence-electron chi connectivity index (χ3n) is 3.08. The van der Waals surface area contributed by atoms with E-state index in [0.717, 1.165) is 41.2 Å². The Morgan fingerprint density at radius 2 is 2.00 bits per heavy atom. The summed E-state index contributed by atoms with van der Waals surface area (Å²) >= 11 is 9.64. The lowest BCUT2D eigenvalue weighted by Gasteiger charge is -2.23. The lowest BCUT2D eigenvalue weighted by molar-refractivity contribution is 0.270. The fraction of sp³-hybridized carbons (Fsp3) is 0.571. The number of likely N-dealkylation sites (N-methyl/N-ethyl adjacent to an activating group) is 1. The van der Waals surface area contributed by atoms with Crippen molar-refractivity contribution in [1.82, 2.24) is 10.2 Å². The fourth-order valence-corrected chi connectivity index (χ4v) is 2.49. The molecule has 0 aliphatic carbocycles. The van der Waals surface area contributed by atoms with Gasteiger partial charge in [0, 0.05) is 28.6 Å². The minimum Gasteiger partial charge on any atom is -0.309 e. The molecule has 0 aromatic heterocycles. The van der Waals surface area contributed by atoms with Crippen molar-refractivity contribution < 1.29 is 0 Å². The van der Waals surface area contributed by atoms with Crippen molar-refractivity contribution in [2.75, 3.05) is 19.6 Å². The summed E-state index contributed by atoms with van der Waals surface area (Å²) in [5.74, 6) is 0. The third-order valence-corrected chi connectivity index (χ3v) is 3.94. The molecule has 4 heteroatoms. The third kappa shape index (κ3) is 5.27. The molecule has 0 spiro atoms. The Kier molecular flexibility index (Phi) is 7.23. The second kappa shape index (κ2) is 8.16. The molecule has 0 saturated heterocycles. The van der Waals surface area contributed by atoms with Gasteiger partial charge in [0.25, 0.3) is 0 Å². The van der Waals surface area contributed by atoms with Crippen LogP contribution in [0.1, 0.15) is 26.3 Å². The number of nitrogens with zero attached hydrogens (tertiary/aromatic N) is 1. The van der Waals surface area contributed by atoms with Crippen LogP contribution < -0.4 is 5.32 Å². The van der Waals surface area contributed by atoms with Gasteiger partial charge >= 0.3 is 0 Å². The van der Waals surface area contributed by atoms with Gasteiger partial charge in [-0.15, -0.1) is 0 Å². The number of rotatable bonds is 7. The number of hydrogen-bond acceptors (Lipinski definition) is 2. The van der Waals surface area contributed by atoms with Crippen molar-refractivity contribution in [1.29, 1.82) is 0 Å². The number of hydrogen-bond donors (Lipinski definition) is 1. The predicted octanol–water partition coefficient (Wildman–Crippen LogP) is 3.92. The standard InChI is InChI=1S/C14H22BrClN2/c1-4-18(5-2)10-11(3)17-9-12-8-13(15)6-7-14(12)16/h6-8,11,17H,4-5,9-10H2,1-3H3. The van der Waals surface area contributed by atoms with E-state index >= 15 is 0 Å². The van der Waals surface area contributed by atoms with Crippen LogP contribution in [-0.2, 0) is 6.54 Å². The van der Waals surface area contributed by atoms with E-state index in [1.165, 1.54) is 0 Å². The second-order valence-corrected chi connectivity index (χ2v) is 5.83. The molecule has 0 aliphatic rings. The van der Waals surface area contributed by atoms with Gasteiger partial charge in [0.15, 0.2) is 0 Å². The molecule has 0 aliphatic heterocycles. The van der Waals surface area contributed by atoms with Crippen LogP contribution in [0.15, 0.2) is 22.7 Å². The van der Waals surface area contributed by atoms with E-state index in [9.17, 15) is 0 Å². The maximum Gasteiger partial charge on any atom is 0.0451 e. The zero-order valence-corrected chi connectivity index (χ0v) is 13.7. The van der Waals surface area contributed by atoms with E-state index in [1.54, 1.807) is 0 Å². The Morgan fingerprint density at radius 1 is 1.33 bits per heavy atom. The van der Waals surface area contributed by atoms with Crippen LogP contribution in [0.25, 0.3) is 0 Å². The highest BCUT2D eigenvalue weighted by Gasteiger charge is 2.08. The summed E-state index contributed by atoms with van der Waals surface area (Å²) < 4.78 is 1.07. The van der Waals surface area contributed by atoms with E-state index in [4.69, 9.17) is 11.6 Å². The minimum atomic E-state index is 0.458. The van der Waals surface area contributed by atoms with Gasteiger partial charge in [0.1, 0.15) is 0 Å². The van der Waals surface area contributed by atoms with Crippen LogP contribution in [0.4, 0.5) is 0 Å². The lowest BCUT2D eigenvalue weighted by atomic mass is 10.2. The lowest BCUT2D eigenvalue weighted by Crippen LogP contribution is -2.38. The smallest absolute Gasteiger partial charge is 0.0451 e. The van der Waals surface area contributed by atoms with Crippen LogP contribution in [0.2, 0.25) is 5.02 Å². The Hall–Kier alpha value is -0.0900. The number of benzene rings is 1. The average molecular weight is 334 g/mol. The van der Waals surface area contributed by atoms with Gasteiger partial charge in [0.05, 0.1) is 0 Å². The van der Waals surface area contributed by atoms with E-state index in [2.05, 4.69) is 53.0 Å². The van der Waals surface area contributed by atoms with Crippen molar-refractivity contribution in [3.05, 3.63) is 33.3 Å². The Balaban J connectivity index is 2.46. The van der Waals surface area contributed by atoms with Crippen LogP contribution in [0.3, 0.4) is 0 Å². The molecule has 0 fully saturated rings. The zero-order chi connectivity index (χ0) is 13.5. The molecule has 102 valence electrons. The first kappa shape index (κ1) is 16.0. The first-order valence-corrected chi connectivity index (χ1v) is 7.63. The minimum absolute atomic E-state index is 0.458. The van der Waals surface area contributed by atoms with Crippen molar-refractivity contribution >= 4 is 27.5 Å². The molecule has 0 heterocycles. The topological polar surface area (TPSA) is 15.3 Å². The predicted molar refractivity (Wildman–Crippen MR) is 83.2 cm³/mol. The van der Waals surface area contributed by atoms with Gasteiger partial charge in [0.2, 0.25) is 0 Å². The van der Waals surface area contributed by atoms with E-state index in [1.807, 2.05) is 12.1 Å². The molecule has 0 saturated carbocycles. The fourth-order valence-electron chi connectivity index (χ4n) is 1.90. The zero-order valence-electron chi connectivity index (χ0n) is 11.3. The van der Waals surface area contributed by atoms with Gasteiger partial charge in [-0.3, -0.25) is 0 Å². The molecule has 0 amide bonds. The number of nitrogens with one attached hydrogen (secondary N) is 1. The molecule has 1 atom stereocenters. The summed E-state index contributed by atoms with van der Waals surface area (Å²) in [5, 5.41) is 4.34. The van der Waals surface area contributed by atoms with Gasteiger partial charge in [-0.05, 0) is 43.8 Å². The van der Waals surface area contributed by atoms with E-state index in [-0.39, 0.29) is 0 Å². The highest BCUT2D eigenvalue weighted by Crippen LogP contribution is 2.20. The van der Waals surface area contributed by atoms with Crippen LogP contribution in [0, 0.1) is 0 Å². The normalized spacial score (nSPS) is 13.0. The molecule has 1 N–H and O–H groups in total. The van der Waals surface area contributed by atoms with Crippen molar-refractivity contribution in [3.63, 3.8) is 0 Å². The van der Waals surface area contributed by atoms with E-state index < -0.39 is 0 Å². The van der Waals surface area contributed by atoms with Crippen molar-refractivity contribution in [3.8, 4) is 0 Å². The summed E-state index contributed by atoms with van der Waals surface area (Å²) in [7, 11) is 0. The maximum atomic E-state index is 6.17. The van der Waals surface area contributed by atoms with Gasteiger partial charge in [-0.1, -0.05) is 41.4 Å². The first-order valence-electron chi connectivity index (χ1n) is 6.46. The Morgan fingerprint density at radius 3 is 2.61 bits per heavy atom. The molecule has 1 aromatic carbocycles. The van der Waals surface area contributed by atoms with E-state index in [0.29, 0.717) is 6.04 Å². The monoisotopic (exact) mass is 332 g/mol. The Labute approximate surface area is 124 Å². The van der Waals surface area contributed by atoms with Crippen molar-refractivity contribution in [2.24, 2.45) is 0 Å². The van der Waals surface area contributed by atoms with Crippen molar-refractivity contribution in [2.45, 2.75) is 33.4 Å². The Bertz CT molecular complexity index is 367. The molecular formula is C14H22BrClN2. The van der Waals surface area contributed by atoms with Crippen LogP contribution in [0.5, 0.6) is 0 Å². The summed E-state index contributed by atoms with van der Waals surface area (Å²) in [6, 6.07) is 6.42. The van der Waals surface area contributed by atoms with Gasteiger partial charge < -0.3 is 10.2 Å². The summed E-state index contributed by atoms with van der Waals surface area (Å²) in [6.45, 7) is 10.7. The van der Waals surface area contributed by atoms with Crippen LogP contribution >= 0.6 is 27.5 Å². The van der Waals surface area contributed by atoms with Crippen LogP contribution in [-0.4, -0.2) is 30.6 Å². The second-order valence-electron chi connectivity index (χ2n) is 4.50. The highest BCUT2D eigenvalue weighted by atomic mass is 79.9. The van der Waals surface area contributed by atoms with Gasteiger partial charge in [-0.2, -0.15) is 0 Å². The molecule has 0 bridgehead atoms. The largest absolute Gasteiger partial charge is 0.309 e. The molecule has 0 radical (unpaired) electrons. The SMILES string of the molecule is CCN(CC)CC(C)NCc1cc(Br)ccc1Cl. The molecular weight excluding hydrogens is 312 g/mol. The quantitative estimate of drug-likeness (QED) is 0.813. The van der Waals surface area contributed by atoms with Gasteiger partial charge in [-0.25, -0.2) is 0 Å². The highest BCUT2D eigenvalue weighted by molar-refractivity contribution is 9.10. The maximum absolute atomic E-state index is 6.17. The molecule has 18 heavy (non-hydrogen) atoms. The molecule has 1 unspecified atom stereocenters. The average Bonchev–Trinajstić information content (AvgIpc) is 2.37.